The summed E-state index contributed by atoms with van der Waals surface area (Å²) < 4.78 is 12.4. The number of ether oxygens (including phenoxy) is 2. The molecule has 9 heteroatoms. The van der Waals surface area contributed by atoms with E-state index in [0.29, 0.717) is 24.7 Å². The predicted molar refractivity (Wildman–Crippen MR) is 150 cm³/mol. The number of amides is 3. The highest BCUT2D eigenvalue weighted by atomic mass is 16.5. The van der Waals surface area contributed by atoms with Gasteiger partial charge in [0.1, 0.15) is 23.9 Å². The lowest BCUT2D eigenvalue weighted by Crippen LogP contribution is -2.42. The Kier molecular flexibility index (Phi) is 9.39. The Bertz CT molecular complexity index is 1210. The molecule has 38 heavy (non-hydrogen) atoms. The molecule has 0 fully saturated rings. The zero-order chi connectivity index (χ0) is 27.9. The molecule has 3 rings (SSSR count). The quantitative estimate of drug-likeness (QED) is 0.356. The Balaban J connectivity index is 1.78. The van der Waals surface area contributed by atoms with Gasteiger partial charge in [0.2, 0.25) is 5.91 Å². The van der Waals surface area contributed by atoms with Crippen LogP contribution in [0, 0.1) is 5.92 Å². The topological polar surface area (TPSA) is 97.7 Å². The van der Waals surface area contributed by atoms with Crippen LogP contribution in [0.2, 0.25) is 0 Å². The second-order valence-electron chi connectivity index (χ2n) is 10.5. The van der Waals surface area contributed by atoms with E-state index in [1.165, 1.54) is 4.90 Å². The highest BCUT2D eigenvalue weighted by molar-refractivity contribution is 5.96. The highest BCUT2D eigenvalue weighted by Crippen LogP contribution is 2.27. The number of urea groups is 1. The number of hydrogen-bond acceptors (Lipinski definition) is 5. The van der Waals surface area contributed by atoms with Crippen molar-refractivity contribution in [2.75, 3.05) is 37.4 Å². The first-order valence-electron chi connectivity index (χ1n) is 12.8. The van der Waals surface area contributed by atoms with Gasteiger partial charge >= 0.3 is 6.03 Å². The molecule has 2 N–H and O–H groups in total. The third-order valence-electron chi connectivity index (χ3n) is 5.69. The van der Waals surface area contributed by atoms with Crippen LogP contribution in [0.4, 0.5) is 16.3 Å². The Morgan fingerprint density at radius 2 is 1.63 bits per heavy atom. The van der Waals surface area contributed by atoms with Gasteiger partial charge in [-0.3, -0.25) is 4.79 Å². The SMILES string of the molecule is CCOc1ccc(NC(=O)N(CC(=O)Nc2cc(C(C)(C)C)nn2-c2ccc(OC)cc2)CC(C)C)cc1. The van der Waals surface area contributed by atoms with Crippen LogP contribution in [0.25, 0.3) is 5.69 Å². The van der Waals surface area contributed by atoms with Crippen molar-refractivity contribution >= 4 is 23.4 Å². The first-order chi connectivity index (χ1) is 18.0. The van der Waals surface area contributed by atoms with E-state index >= 15 is 0 Å². The highest BCUT2D eigenvalue weighted by Gasteiger charge is 2.23. The minimum absolute atomic E-state index is 0.111. The van der Waals surface area contributed by atoms with Crippen LogP contribution in [0.15, 0.2) is 54.6 Å². The fraction of sp³-hybridized carbons (Fsp3) is 0.414. The third kappa shape index (κ3) is 7.74. The molecule has 3 aromatic rings. The Hall–Kier alpha value is -4.01. The number of hydrogen-bond donors (Lipinski definition) is 2. The summed E-state index contributed by atoms with van der Waals surface area (Å²) in [6.07, 6.45) is 0. The van der Waals surface area contributed by atoms with E-state index in [4.69, 9.17) is 14.6 Å². The third-order valence-corrected chi connectivity index (χ3v) is 5.69. The maximum Gasteiger partial charge on any atom is 0.322 e. The average Bonchev–Trinajstić information content (AvgIpc) is 3.29. The second kappa shape index (κ2) is 12.5. The maximum atomic E-state index is 13.2. The molecule has 0 saturated carbocycles. The van der Waals surface area contributed by atoms with Gasteiger partial charge in [0, 0.05) is 23.7 Å². The van der Waals surface area contributed by atoms with Gasteiger partial charge < -0.3 is 25.0 Å². The van der Waals surface area contributed by atoms with Gasteiger partial charge in [-0.25, -0.2) is 9.48 Å². The lowest BCUT2D eigenvalue weighted by Gasteiger charge is -2.24. The van der Waals surface area contributed by atoms with Crippen LogP contribution < -0.4 is 20.1 Å². The van der Waals surface area contributed by atoms with Crippen molar-refractivity contribution in [3.05, 3.63) is 60.3 Å². The molecule has 3 amide bonds. The summed E-state index contributed by atoms with van der Waals surface area (Å²) in [6, 6.07) is 16.1. The predicted octanol–water partition coefficient (Wildman–Crippen LogP) is 5.71. The molecule has 0 aliphatic carbocycles. The molecule has 0 aliphatic heterocycles. The first kappa shape index (κ1) is 28.6. The zero-order valence-electron chi connectivity index (χ0n) is 23.4. The minimum atomic E-state index is -0.350. The van der Waals surface area contributed by atoms with Gasteiger partial charge in [-0.1, -0.05) is 34.6 Å². The van der Waals surface area contributed by atoms with Crippen molar-refractivity contribution in [2.24, 2.45) is 5.92 Å². The van der Waals surface area contributed by atoms with E-state index in [1.54, 1.807) is 36.1 Å². The molecule has 204 valence electrons. The number of nitrogens with one attached hydrogen (secondary N) is 2. The molecule has 0 unspecified atom stereocenters. The number of carbonyl (C=O) groups is 2. The fourth-order valence-electron chi connectivity index (χ4n) is 3.78. The smallest absolute Gasteiger partial charge is 0.322 e. The fourth-order valence-corrected chi connectivity index (χ4v) is 3.78. The van der Waals surface area contributed by atoms with E-state index in [-0.39, 0.29) is 29.8 Å². The van der Waals surface area contributed by atoms with E-state index in [2.05, 4.69) is 31.4 Å². The summed E-state index contributed by atoms with van der Waals surface area (Å²) in [4.78, 5) is 27.8. The van der Waals surface area contributed by atoms with Crippen LogP contribution in [-0.4, -0.2) is 53.4 Å². The van der Waals surface area contributed by atoms with Crippen molar-refractivity contribution < 1.29 is 19.1 Å². The van der Waals surface area contributed by atoms with Gasteiger partial charge in [-0.05, 0) is 61.4 Å². The van der Waals surface area contributed by atoms with Crippen molar-refractivity contribution in [3.63, 3.8) is 0 Å². The van der Waals surface area contributed by atoms with Crippen LogP contribution in [-0.2, 0) is 10.2 Å². The van der Waals surface area contributed by atoms with Gasteiger partial charge in [-0.15, -0.1) is 0 Å². The number of anilines is 2. The van der Waals surface area contributed by atoms with Crippen LogP contribution in [0.1, 0.15) is 47.2 Å². The van der Waals surface area contributed by atoms with Crippen molar-refractivity contribution in [1.29, 1.82) is 0 Å². The number of methoxy groups -OCH3 is 1. The number of nitrogens with zero attached hydrogens (tertiary/aromatic N) is 3. The molecule has 1 heterocycles. The Morgan fingerprint density at radius 3 is 2.18 bits per heavy atom. The maximum absolute atomic E-state index is 13.2. The normalized spacial score (nSPS) is 11.3. The second-order valence-corrected chi connectivity index (χ2v) is 10.5. The molecule has 0 saturated heterocycles. The van der Waals surface area contributed by atoms with E-state index in [9.17, 15) is 9.59 Å². The van der Waals surface area contributed by atoms with Crippen LogP contribution >= 0.6 is 0 Å². The molecule has 0 bridgehead atoms. The number of rotatable bonds is 10. The standard InChI is InChI=1S/C29H39N5O4/c1-8-38-24-13-9-21(10-14-24)30-28(36)33(18-20(2)3)19-27(35)31-26-17-25(29(4,5)6)32-34(26)22-11-15-23(37-7)16-12-22/h9-17,20H,8,18-19H2,1-7H3,(H,30,36)(H,31,35). The molecule has 9 nitrogen and oxygen atoms in total. The molecular weight excluding hydrogens is 482 g/mol. The van der Waals surface area contributed by atoms with E-state index < -0.39 is 0 Å². The van der Waals surface area contributed by atoms with Gasteiger partial charge in [0.15, 0.2) is 0 Å². The summed E-state index contributed by atoms with van der Waals surface area (Å²) in [7, 11) is 1.61. The Labute approximate surface area is 225 Å². The molecule has 2 aromatic carbocycles. The summed E-state index contributed by atoms with van der Waals surface area (Å²) in [6.45, 7) is 13.0. The first-order valence-corrected chi connectivity index (χ1v) is 12.8. The summed E-state index contributed by atoms with van der Waals surface area (Å²) >= 11 is 0. The molecular formula is C29H39N5O4. The Morgan fingerprint density at radius 1 is 1.00 bits per heavy atom. The summed E-state index contributed by atoms with van der Waals surface area (Å²) in [5.74, 6) is 1.84. The molecule has 0 spiro atoms. The van der Waals surface area contributed by atoms with Crippen molar-refractivity contribution in [3.8, 4) is 17.2 Å². The average molecular weight is 522 g/mol. The van der Waals surface area contributed by atoms with Gasteiger partial charge in [0.05, 0.1) is 25.1 Å². The van der Waals surface area contributed by atoms with E-state index in [1.807, 2.05) is 51.1 Å². The van der Waals surface area contributed by atoms with Crippen molar-refractivity contribution in [1.82, 2.24) is 14.7 Å². The molecule has 0 radical (unpaired) electrons. The summed E-state index contributed by atoms with van der Waals surface area (Å²) in [5.41, 5.74) is 2.01. The monoisotopic (exact) mass is 521 g/mol. The van der Waals surface area contributed by atoms with Crippen LogP contribution in [0.5, 0.6) is 11.5 Å². The van der Waals surface area contributed by atoms with Gasteiger partial charge in [0.25, 0.3) is 0 Å². The molecule has 0 atom stereocenters. The number of aromatic nitrogens is 2. The lowest BCUT2D eigenvalue weighted by atomic mass is 9.92. The number of carbonyl (C=O) groups excluding carboxylic acids is 2. The minimum Gasteiger partial charge on any atom is -0.497 e. The number of benzene rings is 2. The summed E-state index contributed by atoms with van der Waals surface area (Å²) in [5, 5.41) is 10.6. The molecule has 1 aromatic heterocycles. The van der Waals surface area contributed by atoms with E-state index in [0.717, 1.165) is 22.9 Å². The molecule has 0 aliphatic rings. The lowest BCUT2D eigenvalue weighted by molar-refractivity contribution is -0.116. The van der Waals surface area contributed by atoms with Gasteiger partial charge in [-0.2, -0.15) is 5.10 Å². The van der Waals surface area contributed by atoms with Crippen molar-refractivity contribution in [2.45, 2.75) is 47.0 Å². The largest absolute Gasteiger partial charge is 0.497 e. The van der Waals surface area contributed by atoms with Crippen LogP contribution in [0.3, 0.4) is 0 Å². The zero-order valence-corrected chi connectivity index (χ0v) is 23.4.